The molecule has 0 aromatic heterocycles. The van der Waals surface area contributed by atoms with Crippen molar-refractivity contribution in [2.45, 2.75) is 12.5 Å². The minimum atomic E-state index is -0.0416. The molecule has 1 atom stereocenters. The van der Waals surface area contributed by atoms with E-state index in [9.17, 15) is 0 Å². The van der Waals surface area contributed by atoms with Crippen molar-refractivity contribution in [3.8, 4) is 0 Å². The molecule has 2 aromatic carbocycles. The van der Waals surface area contributed by atoms with Gasteiger partial charge in [-0.3, -0.25) is 0 Å². The van der Waals surface area contributed by atoms with Gasteiger partial charge in [-0.1, -0.05) is 39.7 Å². The minimum Gasteiger partial charge on any atom is -0.324 e. The zero-order chi connectivity index (χ0) is 13.1. The molecule has 0 amide bonds. The SMILES string of the molecule is NC(Cc1ccc(I)cc1)c1cc(Cl)cc(Br)c1. The molecule has 0 saturated carbocycles. The summed E-state index contributed by atoms with van der Waals surface area (Å²) in [5.41, 5.74) is 8.51. The van der Waals surface area contributed by atoms with Crippen molar-refractivity contribution in [2.24, 2.45) is 5.73 Å². The molecule has 0 heterocycles. The normalized spacial score (nSPS) is 12.4. The Morgan fingerprint density at radius 2 is 1.83 bits per heavy atom. The highest BCUT2D eigenvalue weighted by molar-refractivity contribution is 14.1. The summed E-state index contributed by atoms with van der Waals surface area (Å²) in [5, 5.41) is 0.706. The lowest BCUT2D eigenvalue weighted by molar-refractivity contribution is 0.721. The third kappa shape index (κ3) is 3.95. The van der Waals surface area contributed by atoms with E-state index in [-0.39, 0.29) is 6.04 Å². The van der Waals surface area contributed by atoms with Gasteiger partial charge in [-0.05, 0) is 70.5 Å². The molecular formula is C14H12BrClIN. The summed E-state index contributed by atoms with van der Waals surface area (Å²) >= 11 is 11.8. The van der Waals surface area contributed by atoms with E-state index >= 15 is 0 Å². The summed E-state index contributed by atoms with van der Waals surface area (Å²) in [6, 6.07) is 14.2. The third-order valence-corrected chi connectivity index (χ3v) is 4.08. The maximum Gasteiger partial charge on any atom is 0.0420 e. The van der Waals surface area contributed by atoms with Gasteiger partial charge in [0.1, 0.15) is 0 Å². The van der Waals surface area contributed by atoms with Crippen molar-refractivity contribution < 1.29 is 0 Å². The smallest absolute Gasteiger partial charge is 0.0420 e. The molecule has 2 aromatic rings. The number of rotatable bonds is 3. The lowest BCUT2D eigenvalue weighted by atomic mass is 10.00. The van der Waals surface area contributed by atoms with Crippen LogP contribution >= 0.6 is 50.1 Å². The molecule has 4 heteroatoms. The zero-order valence-corrected chi connectivity index (χ0v) is 14.0. The molecule has 2 N–H and O–H groups in total. The number of benzene rings is 2. The number of nitrogens with two attached hydrogens (primary N) is 1. The first-order valence-electron chi connectivity index (χ1n) is 5.50. The Morgan fingerprint density at radius 3 is 2.44 bits per heavy atom. The summed E-state index contributed by atoms with van der Waals surface area (Å²) < 4.78 is 2.19. The van der Waals surface area contributed by atoms with E-state index in [2.05, 4.69) is 62.8 Å². The highest BCUT2D eigenvalue weighted by atomic mass is 127. The third-order valence-electron chi connectivity index (χ3n) is 2.68. The van der Waals surface area contributed by atoms with Crippen LogP contribution in [-0.2, 0) is 6.42 Å². The second kappa shape index (κ2) is 6.37. The van der Waals surface area contributed by atoms with Gasteiger partial charge in [0.25, 0.3) is 0 Å². The Labute approximate surface area is 134 Å². The first-order valence-corrected chi connectivity index (χ1v) is 7.75. The van der Waals surface area contributed by atoms with Gasteiger partial charge < -0.3 is 5.73 Å². The first kappa shape index (κ1) is 14.3. The van der Waals surface area contributed by atoms with Gasteiger partial charge in [-0.15, -0.1) is 0 Å². The number of halogens is 3. The number of hydrogen-bond acceptors (Lipinski definition) is 1. The molecule has 0 aliphatic carbocycles. The van der Waals surface area contributed by atoms with E-state index in [4.69, 9.17) is 17.3 Å². The average Bonchev–Trinajstić information content (AvgIpc) is 2.31. The molecule has 0 radical (unpaired) electrons. The molecule has 0 aliphatic heterocycles. The summed E-state index contributed by atoms with van der Waals surface area (Å²) in [6.07, 6.45) is 0.809. The predicted octanol–water partition coefficient (Wildman–Crippen LogP) is 4.95. The van der Waals surface area contributed by atoms with Crippen molar-refractivity contribution in [3.63, 3.8) is 0 Å². The summed E-state index contributed by atoms with van der Waals surface area (Å²) in [7, 11) is 0. The van der Waals surface area contributed by atoms with E-state index in [0.717, 1.165) is 16.5 Å². The fourth-order valence-corrected chi connectivity index (χ4v) is 3.03. The zero-order valence-electron chi connectivity index (χ0n) is 9.54. The average molecular weight is 437 g/mol. The molecule has 0 spiro atoms. The molecule has 0 bridgehead atoms. The van der Waals surface area contributed by atoms with Crippen LogP contribution in [0, 0.1) is 3.57 Å². The van der Waals surface area contributed by atoms with Crippen LogP contribution in [0.2, 0.25) is 5.02 Å². The molecule has 1 nitrogen and oxygen atoms in total. The van der Waals surface area contributed by atoms with Crippen molar-refractivity contribution in [1.29, 1.82) is 0 Å². The summed E-state index contributed by atoms with van der Waals surface area (Å²) in [4.78, 5) is 0. The van der Waals surface area contributed by atoms with Crippen LogP contribution in [0.3, 0.4) is 0 Å². The fraction of sp³-hybridized carbons (Fsp3) is 0.143. The molecule has 94 valence electrons. The van der Waals surface area contributed by atoms with E-state index in [1.807, 2.05) is 18.2 Å². The minimum absolute atomic E-state index is 0.0416. The lowest BCUT2D eigenvalue weighted by Crippen LogP contribution is -2.13. The fourth-order valence-electron chi connectivity index (χ4n) is 1.78. The maximum atomic E-state index is 6.22. The topological polar surface area (TPSA) is 26.0 Å². The Morgan fingerprint density at radius 1 is 1.17 bits per heavy atom. The first-order chi connectivity index (χ1) is 8.54. The molecule has 1 unspecified atom stereocenters. The van der Waals surface area contributed by atoms with Gasteiger partial charge >= 0.3 is 0 Å². The Bertz CT molecular complexity index is 522. The van der Waals surface area contributed by atoms with Crippen LogP contribution < -0.4 is 5.73 Å². The van der Waals surface area contributed by atoms with Crippen molar-refractivity contribution in [3.05, 3.63) is 66.7 Å². The standard InChI is InChI=1S/C14H12BrClIN/c15-11-6-10(7-12(16)8-11)14(18)5-9-1-3-13(17)4-2-9/h1-4,6-8,14H,5,18H2. The van der Waals surface area contributed by atoms with Crippen molar-refractivity contribution in [1.82, 2.24) is 0 Å². The molecule has 2 rings (SSSR count). The predicted molar refractivity (Wildman–Crippen MR) is 88.9 cm³/mol. The van der Waals surface area contributed by atoms with Gasteiger partial charge in [0.2, 0.25) is 0 Å². The number of hydrogen-bond donors (Lipinski definition) is 1. The van der Waals surface area contributed by atoms with Crippen LogP contribution in [0.25, 0.3) is 0 Å². The van der Waals surface area contributed by atoms with Crippen molar-refractivity contribution in [2.75, 3.05) is 0 Å². The van der Waals surface area contributed by atoms with E-state index < -0.39 is 0 Å². The van der Waals surface area contributed by atoms with Crippen LogP contribution in [0.4, 0.5) is 0 Å². The quantitative estimate of drug-likeness (QED) is 0.677. The summed E-state index contributed by atoms with van der Waals surface area (Å²) in [5.74, 6) is 0. The Balaban J connectivity index is 2.16. The second-order valence-electron chi connectivity index (χ2n) is 4.14. The van der Waals surface area contributed by atoms with Gasteiger partial charge in [-0.2, -0.15) is 0 Å². The van der Waals surface area contributed by atoms with Gasteiger partial charge in [0, 0.05) is 19.1 Å². The molecule has 18 heavy (non-hydrogen) atoms. The molecule has 0 fully saturated rings. The van der Waals surface area contributed by atoms with Crippen molar-refractivity contribution >= 4 is 50.1 Å². The van der Waals surface area contributed by atoms with Crippen LogP contribution in [-0.4, -0.2) is 0 Å². The highest BCUT2D eigenvalue weighted by Crippen LogP contribution is 2.24. The van der Waals surface area contributed by atoms with Gasteiger partial charge in [0.15, 0.2) is 0 Å². The molecule has 0 saturated heterocycles. The van der Waals surface area contributed by atoms with Crippen LogP contribution in [0.15, 0.2) is 46.9 Å². The Hall–Kier alpha value is -0.100. The largest absolute Gasteiger partial charge is 0.324 e. The van der Waals surface area contributed by atoms with E-state index in [1.165, 1.54) is 9.13 Å². The maximum absolute atomic E-state index is 6.22. The second-order valence-corrected chi connectivity index (χ2v) is 6.74. The van der Waals surface area contributed by atoms with Gasteiger partial charge in [-0.25, -0.2) is 0 Å². The van der Waals surface area contributed by atoms with E-state index in [0.29, 0.717) is 5.02 Å². The molecular weight excluding hydrogens is 424 g/mol. The van der Waals surface area contributed by atoms with Gasteiger partial charge in [0.05, 0.1) is 0 Å². The summed E-state index contributed by atoms with van der Waals surface area (Å²) in [6.45, 7) is 0. The highest BCUT2D eigenvalue weighted by Gasteiger charge is 2.09. The van der Waals surface area contributed by atoms with Crippen LogP contribution in [0.5, 0.6) is 0 Å². The monoisotopic (exact) mass is 435 g/mol. The Kier molecular flexibility index (Phi) is 5.06. The molecule has 0 aliphatic rings. The lowest BCUT2D eigenvalue weighted by Gasteiger charge is -2.13. The van der Waals surface area contributed by atoms with E-state index in [1.54, 1.807) is 0 Å². The van der Waals surface area contributed by atoms with Crippen LogP contribution in [0.1, 0.15) is 17.2 Å².